The van der Waals surface area contributed by atoms with Gasteiger partial charge in [-0.05, 0) is 12.0 Å². The van der Waals surface area contributed by atoms with Crippen molar-refractivity contribution in [3.05, 3.63) is 10.4 Å². The van der Waals surface area contributed by atoms with Crippen LogP contribution in [0, 0.1) is 0 Å². The van der Waals surface area contributed by atoms with E-state index in [1.54, 1.807) is 0 Å². The van der Waals surface area contributed by atoms with Gasteiger partial charge in [0.15, 0.2) is 6.10 Å². The fourth-order valence-electron chi connectivity index (χ4n) is 1.06. The van der Waals surface area contributed by atoms with Gasteiger partial charge in [-0.25, -0.2) is 4.79 Å². The zero-order valence-electron chi connectivity index (χ0n) is 6.64. The maximum atomic E-state index is 10.9. The van der Waals surface area contributed by atoms with Crippen LogP contribution >= 0.6 is 0 Å². The Bertz CT molecular complexity index is 224. The summed E-state index contributed by atoms with van der Waals surface area (Å²) < 4.78 is 9.49. The fourth-order valence-corrected chi connectivity index (χ4v) is 1.06. The minimum Gasteiger partial charge on any atom is -0.467 e. The smallest absolute Gasteiger partial charge is 0.334 e. The first-order chi connectivity index (χ1) is 5.77. The molecule has 66 valence electrons. The van der Waals surface area contributed by atoms with Crippen molar-refractivity contribution in [2.24, 2.45) is 5.11 Å². The lowest BCUT2D eigenvalue weighted by molar-refractivity contribution is -0.151. The molecule has 6 nitrogen and oxygen atoms in total. The Hall–Kier alpha value is -1.26. The third kappa shape index (κ3) is 1.87. The number of rotatable bonds is 2. The Morgan fingerprint density at radius 1 is 1.83 bits per heavy atom. The molecule has 0 aromatic heterocycles. The molecular formula is C6H9N3O3. The van der Waals surface area contributed by atoms with E-state index >= 15 is 0 Å². The number of hydrogen-bond acceptors (Lipinski definition) is 4. The number of nitrogens with zero attached hydrogens (tertiary/aromatic N) is 3. The normalized spacial score (nSPS) is 27.8. The van der Waals surface area contributed by atoms with Gasteiger partial charge in [-0.3, -0.25) is 0 Å². The maximum absolute atomic E-state index is 10.9. The number of esters is 1. The summed E-state index contributed by atoms with van der Waals surface area (Å²) in [5.41, 5.74) is 8.10. The highest BCUT2D eigenvalue weighted by Crippen LogP contribution is 2.17. The summed E-state index contributed by atoms with van der Waals surface area (Å²) in [4.78, 5) is 13.5. The summed E-state index contributed by atoms with van der Waals surface area (Å²) in [6.07, 6.45) is -0.151. The van der Waals surface area contributed by atoms with Crippen LogP contribution in [-0.4, -0.2) is 31.8 Å². The molecule has 0 bridgehead atoms. The van der Waals surface area contributed by atoms with E-state index < -0.39 is 12.1 Å². The van der Waals surface area contributed by atoms with Crippen LogP contribution in [0.4, 0.5) is 0 Å². The molecule has 0 N–H and O–H groups in total. The van der Waals surface area contributed by atoms with Crippen molar-refractivity contribution >= 4 is 5.97 Å². The molecule has 12 heavy (non-hydrogen) atoms. The molecule has 1 fully saturated rings. The predicted octanol–water partition coefficient (Wildman–Crippen LogP) is 0.627. The molecule has 6 heteroatoms. The Morgan fingerprint density at radius 3 is 3.17 bits per heavy atom. The molecule has 1 rings (SSSR count). The van der Waals surface area contributed by atoms with Gasteiger partial charge in [-0.15, -0.1) is 0 Å². The first-order valence-electron chi connectivity index (χ1n) is 3.51. The zero-order valence-corrected chi connectivity index (χ0v) is 6.64. The van der Waals surface area contributed by atoms with Gasteiger partial charge in [0.05, 0.1) is 19.8 Å². The minimum absolute atomic E-state index is 0.237. The van der Waals surface area contributed by atoms with E-state index in [2.05, 4.69) is 14.8 Å². The van der Waals surface area contributed by atoms with Crippen LogP contribution in [0.5, 0.6) is 0 Å². The summed E-state index contributed by atoms with van der Waals surface area (Å²) in [5, 5.41) is 3.44. The number of azide groups is 1. The average Bonchev–Trinajstić information content (AvgIpc) is 2.52. The molecule has 1 saturated heterocycles. The van der Waals surface area contributed by atoms with E-state index in [1.807, 2.05) is 0 Å². The number of ether oxygens (including phenoxy) is 2. The van der Waals surface area contributed by atoms with Gasteiger partial charge in [-0.2, -0.15) is 0 Å². The molecule has 2 atom stereocenters. The highest BCUT2D eigenvalue weighted by atomic mass is 16.6. The molecular weight excluding hydrogens is 162 g/mol. The molecule has 0 radical (unpaired) electrons. The molecule has 1 aliphatic heterocycles. The maximum Gasteiger partial charge on any atom is 0.334 e. The summed E-state index contributed by atoms with van der Waals surface area (Å²) in [7, 11) is 1.30. The van der Waals surface area contributed by atoms with E-state index in [0.717, 1.165) is 0 Å². The lowest BCUT2D eigenvalue weighted by atomic mass is 10.2. The SMILES string of the molecule is COC(=O)[C@H]1C[C@H](N=[N+]=[N-])CO1. The highest BCUT2D eigenvalue weighted by Gasteiger charge is 2.30. The van der Waals surface area contributed by atoms with E-state index in [1.165, 1.54) is 7.11 Å². The van der Waals surface area contributed by atoms with E-state index in [4.69, 9.17) is 10.3 Å². The molecule has 1 heterocycles. The van der Waals surface area contributed by atoms with Crippen molar-refractivity contribution in [2.75, 3.05) is 13.7 Å². The van der Waals surface area contributed by atoms with Crippen molar-refractivity contribution in [2.45, 2.75) is 18.6 Å². The standard InChI is InChI=1S/C6H9N3O3/c1-11-6(10)5-2-4(3-12-5)8-9-7/h4-5H,2-3H2,1H3/t4-,5+/m0/s1. The molecule has 0 unspecified atom stereocenters. The van der Waals surface area contributed by atoms with Gasteiger partial charge in [0, 0.05) is 4.91 Å². The zero-order chi connectivity index (χ0) is 8.97. The largest absolute Gasteiger partial charge is 0.467 e. The number of hydrogen-bond donors (Lipinski definition) is 0. The van der Waals surface area contributed by atoms with E-state index in [9.17, 15) is 4.79 Å². The molecule has 0 aliphatic carbocycles. The van der Waals surface area contributed by atoms with Gasteiger partial charge in [0.1, 0.15) is 0 Å². The topological polar surface area (TPSA) is 84.3 Å². The van der Waals surface area contributed by atoms with Crippen molar-refractivity contribution in [1.29, 1.82) is 0 Å². The first kappa shape index (κ1) is 8.83. The molecule has 0 amide bonds. The third-order valence-corrected chi connectivity index (χ3v) is 1.65. The van der Waals surface area contributed by atoms with Gasteiger partial charge >= 0.3 is 5.97 Å². The van der Waals surface area contributed by atoms with Crippen LogP contribution in [0.3, 0.4) is 0 Å². The van der Waals surface area contributed by atoms with Crippen LogP contribution in [0.2, 0.25) is 0 Å². The number of carbonyl (C=O) groups is 1. The highest BCUT2D eigenvalue weighted by molar-refractivity contribution is 5.74. The number of carbonyl (C=O) groups excluding carboxylic acids is 1. The van der Waals surface area contributed by atoms with Gasteiger partial charge in [0.25, 0.3) is 0 Å². The minimum atomic E-state index is -0.564. The van der Waals surface area contributed by atoms with Gasteiger partial charge in [0.2, 0.25) is 0 Å². The van der Waals surface area contributed by atoms with Gasteiger partial charge < -0.3 is 9.47 Å². The Balaban J connectivity index is 2.45. The summed E-state index contributed by atoms with van der Waals surface area (Å²) >= 11 is 0. The second kappa shape index (κ2) is 3.94. The third-order valence-electron chi connectivity index (χ3n) is 1.65. The van der Waals surface area contributed by atoms with E-state index in [0.29, 0.717) is 13.0 Å². The Kier molecular flexibility index (Phi) is 2.90. The summed E-state index contributed by atoms with van der Waals surface area (Å²) in [5.74, 6) is -0.411. The summed E-state index contributed by atoms with van der Waals surface area (Å²) in [6, 6.07) is -0.237. The van der Waals surface area contributed by atoms with Crippen LogP contribution in [0.1, 0.15) is 6.42 Å². The molecule has 1 aliphatic rings. The van der Waals surface area contributed by atoms with Crippen LogP contribution < -0.4 is 0 Å². The quantitative estimate of drug-likeness (QED) is 0.264. The second-order valence-corrected chi connectivity index (χ2v) is 2.44. The lowest BCUT2D eigenvalue weighted by Crippen LogP contribution is -2.20. The van der Waals surface area contributed by atoms with Gasteiger partial charge in [-0.1, -0.05) is 5.11 Å². The first-order valence-corrected chi connectivity index (χ1v) is 3.51. The molecule has 0 aromatic carbocycles. The predicted molar refractivity (Wildman–Crippen MR) is 39.3 cm³/mol. The van der Waals surface area contributed by atoms with E-state index in [-0.39, 0.29) is 6.04 Å². The average molecular weight is 171 g/mol. The van der Waals surface area contributed by atoms with Crippen molar-refractivity contribution in [3.63, 3.8) is 0 Å². The molecule has 0 spiro atoms. The van der Waals surface area contributed by atoms with Crippen molar-refractivity contribution in [1.82, 2.24) is 0 Å². The fraction of sp³-hybridized carbons (Fsp3) is 0.833. The number of methoxy groups -OCH3 is 1. The molecule has 0 saturated carbocycles. The van der Waals surface area contributed by atoms with Crippen LogP contribution in [0.15, 0.2) is 5.11 Å². The van der Waals surface area contributed by atoms with Crippen molar-refractivity contribution < 1.29 is 14.3 Å². The van der Waals surface area contributed by atoms with Crippen LogP contribution in [0.25, 0.3) is 10.4 Å². The summed E-state index contributed by atoms with van der Waals surface area (Å²) in [6.45, 7) is 0.295. The monoisotopic (exact) mass is 171 g/mol. The Labute approximate surface area is 69.1 Å². The molecule has 0 aromatic rings. The van der Waals surface area contributed by atoms with Crippen molar-refractivity contribution in [3.8, 4) is 0 Å². The Morgan fingerprint density at radius 2 is 2.58 bits per heavy atom. The lowest BCUT2D eigenvalue weighted by Gasteiger charge is -2.04. The van der Waals surface area contributed by atoms with Crippen LogP contribution in [-0.2, 0) is 14.3 Å². The second-order valence-electron chi connectivity index (χ2n) is 2.44.